The fourth-order valence-electron chi connectivity index (χ4n) is 2.33. The van der Waals surface area contributed by atoms with E-state index in [1.807, 2.05) is 0 Å². The van der Waals surface area contributed by atoms with Gasteiger partial charge < -0.3 is 0 Å². The first-order valence-electron chi connectivity index (χ1n) is 7.29. The van der Waals surface area contributed by atoms with Crippen molar-refractivity contribution < 1.29 is 14.5 Å². The number of carbonyl (C=O) groups excluding carboxylic acids is 2. The van der Waals surface area contributed by atoms with Gasteiger partial charge in [0.2, 0.25) is 0 Å². The van der Waals surface area contributed by atoms with Crippen LogP contribution in [-0.2, 0) is 11.3 Å². The molecule has 0 saturated carbocycles. The van der Waals surface area contributed by atoms with Crippen molar-refractivity contribution in [3.8, 4) is 0 Å². The van der Waals surface area contributed by atoms with Crippen molar-refractivity contribution in [3.05, 3.63) is 78.7 Å². The molecule has 1 fully saturated rings. The third-order valence-corrected chi connectivity index (χ3v) is 5.07. The zero-order valence-corrected chi connectivity index (χ0v) is 15.3. The predicted octanol–water partition coefficient (Wildman–Crippen LogP) is 5.14. The van der Waals surface area contributed by atoms with Crippen LogP contribution >= 0.6 is 35.0 Å². The van der Waals surface area contributed by atoms with Crippen molar-refractivity contribution in [3.63, 3.8) is 0 Å². The lowest BCUT2D eigenvalue weighted by Gasteiger charge is -2.12. The maximum Gasteiger partial charge on any atom is 0.293 e. The predicted molar refractivity (Wildman–Crippen MR) is 101 cm³/mol. The molecule has 1 aliphatic rings. The number of hydrogen-bond donors (Lipinski definition) is 0. The fraction of sp³-hybridized carbons (Fsp3) is 0.0588. The van der Waals surface area contributed by atoms with Crippen molar-refractivity contribution in [1.82, 2.24) is 4.90 Å². The SMILES string of the molecule is O=C1SC(=Cc2ccc(Cl)cc2)C(=O)N1Cc1ccc(Cl)c([N+](=O)[O-])c1. The maximum atomic E-state index is 12.5. The molecule has 3 rings (SSSR count). The Morgan fingerprint density at radius 2 is 1.81 bits per heavy atom. The van der Waals surface area contributed by atoms with Crippen LogP contribution in [0, 0.1) is 10.1 Å². The van der Waals surface area contributed by atoms with Crippen LogP contribution in [0.1, 0.15) is 11.1 Å². The second-order valence-electron chi connectivity index (χ2n) is 5.36. The molecule has 0 N–H and O–H groups in total. The summed E-state index contributed by atoms with van der Waals surface area (Å²) < 4.78 is 0. The summed E-state index contributed by atoms with van der Waals surface area (Å²) in [5.41, 5.74) is 0.908. The Balaban J connectivity index is 1.82. The van der Waals surface area contributed by atoms with Gasteiger partial charge in [-0.15, -0.1) is 0 Å². The highest BCUT2D eigenvalue weighted by atomic mass is 35.5. The highest BCUT2D eigenvalue weighted by Gasteiger charge is 2.35. The lowest BCUT2D eigenvalue weighted by molar-refractivity contribution is -0.384. The van der Waals surface area contributed by atoms with E-state index in [2.05, 4.69) is 0 Å². The van der Waals surface area contributed by atoms with Crippen molar-refractivity contribution in [2.45, 2.75) is 6.54 Å². The van der Waals surface area contributed by atoms with Crippen LogP contribution in [0.3, 0.4) is 0 Å². The van der Waals surface area contributed by atoms with Gasteiger partial charge in [0.25, 0.3) is 16.8 Å². The quantitative estimate of drug-likeness (QED) is 0.397. The molecule has 0 radical (unpaired) electrons. The van der Waals surface area contributed by atoms with E-state index >= 15 is 0 Å². The Bertz CT molecular complexity index is 944. The summed E-state index contributed by atoms with van der Waals surface area (Å²) in [6.45, 7) is -0.0688. The zero-order valence-electron chi connectivity index (χ0n) is 13.0. The zero-order chi connectivity index (χ0) is 18.8. The summed E-state index contributed by atoms with van der Waals surface area (Å²) in [7, 11) is 0. The largest absolute Gasteiger partial charge is 0.293 e. The summed E-state index contributed by atoms with van der Waals surface area (Å²) in [4.78, 5) is 36.4. The van der Waals surface area contributed by atoms with Gasteiger partial charge in [-0.2, -0.15) is 0 Å². The van der Waals surface area contributed by atoms with E-state index in [9.17, 15) is 19.7 Å². The molecule has 0 spiro atoms. The van der Waals surface area contributed by atoms with Gasteiger partial charge in [-0.05, 0) is 47.2 Å². The Morgan fingerprint density at radius 3 is 2.46 bits per heavy atom. The molecule has 1 aliphatic heterocycles. The molecule has 2 aromatic rings. The van der Waals surface area contributed by atoms with E-state index in [4.69, 9.17) is 23.2 Å². The summed E-state index contributed by atoms with van der Waals surface area (Å²) in [5.74, 6) is -0.451. The number of hydrogen-bond acceptors (Lipinski definition) is 5. The number of halogens is 2. The molecule has 2 aromatic carbocycles. The van der Waals surface area contributed by atoms with Crippen LogP contribution in [0.2, 0.25) is 10.0 Å². The molecule has 9 heteroatoms. The van der Waals surface area contributed by atoms with Crippen LogP contribution in [0.15, 0.2) is 47.4 Å². The number of nitro benzene ring substituents is 1. The minimum absolute atomic E-state index is 0.00415. The van der Waals surface area contributed by atoms with Crippen molar-refractivity contribution in [2.24, 2.45) is 0 Å². The molecule has 26 heavy (non-hydrogen) atoms. The number of thioether (sulfide) groups is 1. The van der Waals surface area contributed by atoms with E-state index < -0.39 is 16.1 Å². The summed E-state index contributed by atoms with van der Waals surface area (Å²) >= 11 is 12.4. The molecule has 0 atom stereocenters. The molecule has 1 heterocycles. The molecule has 0 bridgehead atoms. The third kappa shape index (κ3) is 3.90. The van der Waals surface area contributed by atoms with Crippen LogP contribution in [-0.4, -0.2) is 21.0 Å². The van der Waals surface area contributed by atoms with Crippen LogP contribution in [0.5, 0.6) is 0 Å². The number of nitro groups is 1. The topological polar surface area (TPSA) is 80.5 Å². The Kier molecular flexibility index (Phi) is 5.31. The highest BCUT2D eigenvalue weighted by Crippen LogP contribution is 2.34. The Labute approximate surface area is 162 Å². The normalized spacial score (nSPS) is 15.8. The van der Waals surface area contributed by atoms with E-state index in [1.54, 1.807) is 36.4 Å². The number of nitrogens with zero attached hydrogens (tertiary/aromatic N) is 2. The number of carbonyl (C=O) groups is 2. The molecule has 2 amide bonds. The van der Waals surface area contributed by atoms with Gasteiger partial charge >= 0.3 is 0 Å². The van der Waals surface area contributed by atoms with Crippen molar-refractivity contribution >= 4 is 57.9 Å². The van der Waals surface area contributed by atoms with Crippen molar-refractivity contribution in [1.29, 1.82) is 0 Å². The Morgan fingerprint density at radius 1 is 1.12 bits per heavy atom. The van der Waals surface area contributed by atoms with E-state index in [0.717, 1.165) is 22.2 Å². The third-order valence-electron chi connectivity index (χ3n) is 3.59. The fourth-order valence-corrected chi connectivity index (χ4v) is 3.48. The molecular formula is C17H10Cl2N2O4S. The summed E-state index contributed by atoms with van der Waals surface area (Å²) in [6, 6.07) is 11.0. The monoisotopic (exact) mass is 408 g/mol. The second kappa shape index (κ2) is 7.49. The first-order valence-corrected chi connectivity index (χ1v) is 8.86. The summed E-state index contributed by atoms with van der Waals surface area (Å²) in [6.07, 6.45) is 1.60. The second-order valence-corrected chi connectivity index (χ2v) is 7.20. The van der Waals surface area contributed by atoms with Gasteiger partial charge in [0.1, 0.15) is 5.02 Å². The molecule has 1 saturated heterocycles. The smallest absolute Gasteiger partial charge is 0.268 e. The average Bonchev–Trinajstić information content (AvgIpc) is 2.85. The van der Waals surface area contributed by atoms with Gasteiger partial charge in [0.05, 0.1) is 16.4 Å². The van der Waals surface area contributed by atoms with Gasteiger partial charge in [0, 0.05) is 11.1 Å². The Hall–Kier alpha value is -2.35. The molecule has 6 nitrogen and oxygen atoms in total. The average molecular weight is 409 g/mol. The molecular weight excluding hydrogens is 399 g/mol. The van der Waals surface area contributed by atoms with Gasteiger partial charge in [-0.1, -0.05) is 41.4 Å². The van der Waals surface area contributed by atoms with Gasteiger partial charge in [-0.3, -0.25) is 24.6 Å². The molecule has 132 valence electrons. The number of rotatable bonds is 4. The molecule has 0 unspecified atom stereocenters. The minimum Gasteiger partial charge on any atom is -0.268 e. The summed E-state index contributed by atoms with van der Waals surface area (Å²) in [5, 5.41) is 11.1. The van der Waals surface area contributed by atoms with E-state index in [-0.39, 0.29) is 22.2 Å². The van der Waals surface area contributed by atoms with Crippen LogP contribution in [0.4, 0.5) is 10.5 Å². The number of amides is 2. The number of benzene rings is 2. The molecule has 0 aromatic heterocycles. The van der Waals surface area contributed by atoms with Gasteiger partial charge in [0.15, 0.2) is 0 Å². The maximum absolute atomic E-state index is 12.5. The van der Waals surface area contributed by atoms with Crippen LogP contribution in [0.25, 0.3) is 6.08 Å². The lowest BCUT2D eigenvalue weighted by atomic mass is 10.2. The highest BCUT2D eigenvalue weighted by molar-refractivity contribution is 8.18. The molecule has 0 aliphatic carbocycles. The first-order chi connectivity index (χ1) is 12.3. The number of imide groups is 1. The van der Waals surface area contributed by atoms with Gasteiger partial charge in [-0.25, -0.2) is 0 Å². The van der Waals surface area contributed by atoms with Crippen LogP contribution < -0.4 is 0 Å². The lowest BCUT2D eigenvalue weighted by Crippen LogP contribution is -2.27. The first kappa shape index (κ1) is 18.4. The standard InChI is InChI=1S/C17H10Cl2N2O4S/c18-12-4-1-10(2-5-12)8-15-16(22)20(17(23)26-15)9-11-3-6-13(19)14(7-11)21(24)25/h1-8H,9H2. The minimum atomic E-state index is -0.611. The van der Waals surface area contributed by atoms with E-state index in [1.165, 1.54) is 12.1 Å². The van der Waals surface area contributed by atoms with Crippen molar-refractivity contribution in [2.75, 3.05) is 0 Å². The van der Waals surface area contributed by atoms with E-state index in [0.29, 0.717) is 10.6 Å².